The number of hydrogen-bond acceptors (Lipinski definition) is 6. The molecule has 0 aliphatic heterocycles. The van der Waals surface area contributed by atoms with E-state index in [9.17, 15) is 0 Å². The van der Waals surface area contributed by atoms with Crippen molar-refractivity contribution in [3.63, 3.8) is 0 Å². The molecule has 4 aromatic rings. The Morgan fingerprint density at radius 3 is 2.46 bits per heavy atom. The van der Waals surface area contributed by atoms with E-state index in [-0.39, 0.29) is 6.54 Å². The molecule has 7 heteroatoms. The average Bonchev–Trinajstić information content (AvgIpc) is 3.27. The summed E-state index contributed by atoms with van der Waals surface area (Å²) in [6, 6.07) is 17.6. The Hall–Kier alpha value is -3.35. The summed E-state index contributed by atoms with van der Waals surface area (Å²) in [5.74, 6) is 1.48. The molecule has 118 valence electrons. The van der Waals surface area contributed by atoms with Crippen LogP contribution < -0.4 is 0 Å². The predicted octanol–water partition coefficient (Wildman–Crippen LogP) is 2.75. The van der Waals surface area contributed by atoms with Crippen LogP contribution in [0.4, 0.5) is 0 Å². The zero-order valence-electron chi connectivity index (χ0n) is 13.0. The first-order valence-corrected chi connectivity index (χ1v) is 7.50. The molecule has 0 spiro atoms. The van der Waals surface area contributed by atoms with Crippen LogP contribution in [0.5, 0.6) is 0 Å². The molecule has 2 aromatic heterocycles. The molecular weight excluding hydrogens is 304 g/mol. The van der Waals surface area contributed by atoms with Crippen LogP contribution in [0.15, 0.2) is 59.0 Å². The van der Waals surface area contributed by atoms with Crippen LogP contribution in [0.1, 0.15) is 11.5 Å². The summed E-state index contributed by atoms with van der Waals surface area (Å²) in [4.78, 5) is 1.44. The molecule has 0 saturated carbocycles. The van der Waals surface area contributed by atoms with Gasteiger partial charge in [0.05, 0.1) is 0 Å². The smallest absolute Gasteiger partial charge is 0.247 e. The maximum absolute atomic E-state index is 5.65. The molecule has 2 aromatic carbocycles. The first-order valence-electron chi connectivity index (χ1n) is 7.50. The summed E-state index contributed by atoms with van der Waals surface area (Å²) < 4.78 is 5.65. The third-order valence-corrected chi connectivity index (χ3v) is 3.53. The molecule has 0 amide bonds. The number of nitrogens with zero attached hydrogens (tertiary/aromatic N) is 6. The first-order chi connectivity index (χ1) is 11.8. The average molecular weight is 318 g/mol. The number of rotatable bonds is 4. The van der Waals surface area contributed by atoms with Gasteiger partial charge in [-0.25, -0.2) is 0 Å². The molecule has 0 fully saturated rings. The molecule has 0 atom stereocenters. The van der Waals surface area contributed by atoms with Crippen LogP contribution >= 0.6 is 0 Å². The molecule has 2 heterocycles. The zero-order chi connectivity index (χ0) is 16.4. The topological polar surface area (TPSA) is 82.5 Å². The molecule has 0 aliphatic rings. The van der Waals surface area contributed by atoms with Crippen molar-refractivity contribution in [3.05, 3.63) is 66.1 Å². The molecule has 0 N–H and O–H groups in total. The maximum atomic E-state index is 5.65. The van der Waals surface area contributed by atoms with Crippen LogP contribution in [0, 0.1) is 6.92 Å². The van der Waals surface area contributed by atoms with Gasteiger partial charge in [0.25, 0.3) is 0 Å². The summed E-state index contributed by atoms with van der Waals surface area (Å²) in [6.07, 6.45) is 0. The molecule has 0 bridgehead atoms. The van der Waals surface area contributed by atoms with E-state index in [1.807, 2.05) is 61.5 Å². The number of tetrazole rings is 1. The number of benzene rings is 2. The lowest BCUT2D eigenvalue weighted by molar-refractivity contribution is 0.446. The second-order valence-corrected chi connectivity index (χ2v) is 5.38. The second kappa shape index (κ2) is 6.04. The van der Waals surface area contributed by atoms with Crippen molar-refractivity contribution in [2.75, 3.05) is 0 Å². The van der Waals surface area contributed by atoms with Crippen molar-refractivity contribution in [2.24, 2.45) is 0 Å². The maximum Gasteiger partial charge on any atom is 0.247 e. The second-order valence-electron chi connectivity index (χ2n) is 5.38. The van der Waals surface area contributed by atoms with Gasteiger partial charge in [-0.1, -0.05) is 48.0 Å². The molecule has 0 aliphatic carbocycles. The van der Waals surface area contributed by atoms with Crippen LogP contribution in [0.3, 0.4) is 0 Å². The van der Waals surface area contributed by atoms with E-state index < -0.39 is 0 Å². The third kappa shape index (κ3) is 2.91. The van der Waals surface area contributed by atoms with E-state index in [4.69, 9.17) is 4.42 Å². The van der Waals surface area contributed by atoms with Gasteiger partial charge in [0.15, 0.2) is 0 Å². The fourth-order valence-electron chi connectivity index (χ4n) is 2.26. The van der Waals surface area contributed by atoms with E-state index in [1.54, 1.807) is 0 Å². The van der Waals surface area contributed by atoms with Crippen molar-refractivity contribution in [2.45, 2.75) is 13.5 Å². The highest BCUT2D eigenvalue weighted by Gasteiger charge is 2.11. The lowest BCUT2D eigenvalue weighted by Gasteiger charge is -1.95. The fraction of sp³-hybridized carbons (Fsp3) is 0.118. The highest BCUT2D eigenvalue weighted by Crippen LogP contribution is 2.18. The van der Waals surface area contributed by atoms with Gasteiger partial charge in [0.1, 0.15) is 6.54 Å². The first kappa shape index (κ1) is 14.3. The van der Waals surface area contributed by atoms with Gasteiger partial charge >= 0.3 is 0 Å². The van der Waals surface area contributed by atoms with E-state index in [1.165, 1.54) is 10.4 Å². The summed E-state index contributed by atoms with van der Waals surface area (Å²) in [6.45, 7) is 2.31. The summed E-state index contributed by atoms with van der Waals surface area (Å²) >= 11 is 0. The Labute approximate surface area is 138 Å². The minimum atomic E-state index is 0.276. The Kier molecular flexibility index (Phi) is 3.59. The van der Waals surface area contributed by atoms with Crippen molar-refractivity contribution in [1.82, 2.24) is 30.4 Å². The van der Waals surface area contributed by atoms with Gasteiger partial charge < -0.3 is 4.42 Å². The minimum Gasteiger partial charge on any atom is -0.419 e. The summed E-state index contributed by atoms with van der Waals surface area (Å²) in [5, 5.41) is 20.6. The highest BCUT2D eigenvalue weighted by atomic mass is 16.4. The van der Waals surface area contributed by atoms with Crippen LogP contribution in [-0.2, 0) is 6.54 Å². The van der Waals surface area contributed by atoms with Gasteiger partial charge in [-0.05, 0) is 24.3 Å². The summed E-state index contributed by atoms with van der Waals surface area (Å²) in [7, 11) is 0. The van der Waals surface area contributed by atoms with Gasteiger partial charge in [-0.15, -0.1) is 20.4 Å². The van der Waals surface area contributed by atoms with Crippen molar-refractivity contribution in [1.29, 1.82) is 0 Å². The summed E-state index contributed by atoms with van der Waals surface area (Å²) in [5.41, 5.74) is 2.98. The van der Waals surface area contributed by atoms with E-state index in [0.29, 0.717) is 17.6 Å². The monoisotopic (exact) mass is 318 g/mol. The molecule has 0 radical (unpaired) electrons. The van der Waals surface area contributed by atoms with Gasteiger partial charge in [0, 0.05) is 11.1 Å². The lowest BCUT2D eigenvalue weighted by Crippen LogP contribution is -2.04. The standard InChI is InChI=1S/C17H14N6O/c1-12-7-9-13(10-8-12)16-19-22-23(21-16)11-15-18-20-17(24-15)14-5-3-2-4-6-14/h2-10H,11H2,1H3. The fourth-order valence-corrected chi connectivity index (χ4v) is 2.26. The van der Waals surface area contributed by atoms with Gasteiger partial charge in [-0.3, -0.25) is 0 Å². The quantitative estimate of drug-likeness (QED) is 0.575. The van der Waals surface area contributed by atoms with Crippen LogP contribution in [0.25, 0.3) is 22.8 Å². The molecule has 0 unspecified atom stereocenters. The highest BCUT2D eigenvalue weighted by molar-refractivity contribution is 5.54. The van der Waals surface area contributed by atoms with Crippen molar-refractivity contribution in [3.8, 4) is 22.8 Å². The number of aryl methyl sites for hydroxylation is 1. The molecule has 0 saturated heterocycles. The zero-order valence-corrected chi connectivity index (χ0v) is 13.0. The minimum absolute atomic E-state index is 0.276. The molecule has 7 nitrogen and oxygen atoms in total. The van der Waals surface area contributed by atoms with E-state index >= 15 is 0 Å². The normalized spacial score (nSPS) is 10.9. The Bertz CT molecular complexity index is 943. The van der Waals surface area contributed by atoms with Crippen molar-refractivity contribution < 1.29 is 4.42 Å². The Balaban J connectivity index is 1.52. The molecule has 24 heavy (non-hydrogen) atoms. The Morgan fingerprint density at radius 1 is 0.875 bits per heavy atom. The van der Waals surface area contributed by atoms with Crippen LogP contribution in [-0.4, -0.2) is 30.4 Å². The van der Waals surface area contributed by atoms with Gasteiger partial charge in [-0.2, -0.15) is 4.80 Å². The predicted molar refractivity (Wildman–Crippen MR) is 86.8 cm³/mol. The third-order valence-electron chi connectivity index (χ3n) is 3.53. The largest absolute Gasteiger partial charge is 0.419 e. The molecule has 4 rings (SSSR count). The van der Waals surface area contributed by atoms with E-state index in [2.05, 4.69) is 25.6 Å². The SMILES string of the molecule is Cc1ccc(-c2nnn(Cc3nnc(-c4ccccc4)o3)n2)cc1. The Morgan fingerprint density at radius 2 is 1.67 bits per heavy atom. The van der Waals surface area contributed by atoms with Crippen LogP contribution in [0.2, 0.25) is 0 Å². The number of aromatic nitrogens is 6. The van der Waals surface area contributed by atoms with Crippen molar-refractivity contribution >= 4 is 0 Å². The lowest BCUT2D eigenvalue weighted by atomic mass is 10.1. The number of hydrogen-bond donors (Lipinski definition) is 0. The van der Waals surface area contributed by atoms with E-state index in [0.717, 1.165) is 11.1 Å². The molecular formula is C17H14N6O. The van der Waals surface area contributed by atoms with Gasteiger partial charge in [0.2, 0.25) is 17.6 Å².